The third-order valence-electron chi connectivity index (χ3n) is 2.67. The average Bonchev–Trinajstić information content (AvgIpc) is 2.44. The van der Waals surface area contributed by atoms with Crippen molar-refractivity contribution in [2.45, 2.75) is 31.3 Å². The Morgan fingerprint density at radius 1 is 1.50 bits per heavy atom. The highest BCUT2D eigenvalue weighted by molar-refractivity contribution is 5.80. The van der Waals surface area contributed by atoms with Crippen LogP contribution in [0.25, 0.3) is 0 Å². The molecule has 3 heteroatoms. The Morgan fingerprint density at radius 3 is 2.60 bits per heavy atom. The maximum Gasteiger partial charge on any atom is 0.234 e. The Balaban J connectivity index is 2.08. The van der Waals surface area contributed by atoms with Gasteiger partial charge in [0.1, 0.15) is 0 Å². The van der Waals surface area contributed by atoms with Gasteiger partial charge in [-0.1, -0.05) is 0 Å². The van der Waals surface area contributed by atoms with Crippen molar-refractivity contribution < 1.29 is 4.79 Å². The summed E-state index contributed by atoms with van der Waals surface area (Å²) in [6.45, 7) is 0. The van der Waals surface area contributed by atoms with Gasteiger partial charge in [-0.15, -0.1) is 0 Å². The molecule has 0 radical (unpaired) electrons. The first-order valence-corrected chi connectivity index (χ1v) is 3.83. The van der Waals surface area contributed by atoms with Crippen LogP contribution in [-0.4, -0.2) is 18.0 Å². The van der Waals surface area contributed by atoms with Crippen LogP contribution in [0.15, 0.2) is 0 Å². The first-order valence-electron chi connectivity index (χ1n) is 3.83. The van der Waals surface area contributed by atoms with Gasteiger partial charge < -0.3 is 11.1 Å². The van der Waals surface area contributed by atoms with Crippen molar-refractivity contribution in [3.05, 3.63) is 0 Å². The largest absolute Gasteiger partial charge is 0.368 e. The topological polar surface area (TPSA) is 55.1 Å². The summed E-state index contributed by atoms with van der Waals surface area (Å²) in [5.41, 5.74) is 5.18. The van der Waals surface area contributed by atoms with E-state index in [4.69, 9.17) is 5.73 Å². The standard InChI is InChI=1S/C7H12N2O/c8-7(10)6-4-1-2-5(3-4)9-6/h4-6,9H,1-3H2,(H2,8,10)/t4-,5+,6-/m0/s1. The van der Waals surface area contributed by atoms with Crippen LogP contribution in [-0.2, 0) is 4.79 Å². The number of rotatable bonds is 1. The van der Waals surface area contributed by atoms with E-state index >= 15 is 0 Å². The van der Waals surface area contributed by atoms with Crippen LogP contribution in [0.4, 0.5) is 0 Å². The molecule has 3 nitrogen and oxygen atoms in total. The molecule has 3 atom stereocenters. The van der Waals surface area contributed by atoms with Gasteiger partial charge in [0.2, 0.25) is 5.91 Å². The zero-order chi connectivity index (χ0) is 7.14. The third kappa shape index (κ3) is 0.736. The van der Waals surface area contributed by atoms with Gasteiger partial charge >= 0.3 is 0 Å². The molecule has 0 aromatic heterocycles. The SMILES string of the molecule is NC(=O)[C@H]1N[C@@H]2CC[C@H]1C2. The van der Waals surface area contributed by atoms with Gasteiger partial charge in [-0.05, 0) is 25.2 Å². The smallest absolute Gasteiger partial charge is 0.234 e. The van der Waals surface area contributed by atoms with E-state index in [1.165, 1.54) is 12.8 Å². The third-order valence-corrected chi connectivity index (χ3v) is 2.67. The van der Waals surface area contributed by atoms with Gasteiger partial charge in [0.05, 0.1) is 6.04 Å². The molecule has 56 valence electrons. The summed E-state index contributed by atoms with van der Waals surface area (Å²) in [7, 11) is 0. The Labute approximate surface area is 60.0 Å². The van der Waals surface area contributed by atoms with Gasteiger partial charge in [0.15, 0.2) is 0 Å². The lowest BCUT2D eigenvalue weighted by molar-refractivity contribution is -0.120. The fourth-order valence-electron chi connectivity index (χ4n) is 2.17. The molecule has 1 aliphatic heterocycles. The van der Waals surface area contributed by atoms with Crippen LogP contribution in [0.3, 0.4) is 0 Å². The number of nitrogens with two attached hydrogens (primary N) is 1. The van der Waals surface area contributed by atoms with E-state index in [2.05, 4.69) is 5.32 Å². The van der Waals surface area contributed by atoms with Gasteiger partial charge in [0, 0.05) is 6.04 Å². The number of carbonyl (C=O) groups is 1. The monoisotopic (exact) mass is 140 g/mol. The number of primary amides is 1. The Kier molecular flexibility index (Phi) is 1.20. The van der Waals surface area contributed by atoms with E-state index in [0.717, 1.165) is 6.42 Å². The summed E-state index contributed by atoms with van der Waals surface area (Å²) < 4.78 is 0. The zero-order valence-electron chi connectivity index (χ0n) is 5.84. The lowest BCUT2D eigenvalue weighted by atomic mass is 10.00. The van der Waals surface area contributed by atoms with E-state index in [0.29, 0.717) is 12.0 Å². The predicted molar refractivity (Wildman–Crippen MR) is 37.2 cm³/mol. The zero-order valence-corrected chi connectivity index (χ0v) is 5.84. The number of carbonyl (C=O) groups excluding carboxylic acids is 1. The van der Waals surface area contributed by atoms with Gasteiger partial charge in [-0.25, -0.2) is 0 Å². The van der Waals surface area contributed by atoms with E-state index in [1.807, 2.05) is 0 Å². The molecule has 0 spiro atoms. The van der Waals surface area contributed by atoms with Crippen LogP contribution < -0.4 is 11.1 Å². The molecule has 10 heavy (non-hydrogen) atoms. The minimum Gasteiger partial charge on any atom is -0.368 e. The van der Waals surface area contributed by atoms with Gasteiger partial charge in [-0.2, -0.15) is 0 Å². The Hall–Kier alpha value is -0.570. The van der Waals surface area contributed by atoms with E-state index in [9.17, 15) is 4.79 Å². The lowest BCUT2D eigenvalue weighted by Gasteiger charge is -2.19. The summed E-state index contributed by atoms with van der Waals surface area (Å²) in [4.78, 5) is 10.8. The van der Waals surface area contributed by atoms with Crippen LogP contribution in [0, 0.1) is 5.92 Å². The molecule has 3 N–H and O–H groups in total. The molecule has 1 heterocycles. The lowest BCUT2D eigenvalue weighted by Crippen LogP contribution is -2.45. The van der Waals surface area contributed by atoms with Crippen molar-refractivity contribution in [2.24, 2.45) is 11.7 Å². The fourth-order valence-corrected chi connectivity index (χ4v) is 2.17. The number of hydrogen-bond donors (Lipinski definition) is 2. The maximum atomic E-state index is 10.8. The first-order chi connectivity index (χ1) is 4.77. The van der Waals surface area contributed by atoms with Crippen molar-refractivity contribution in [1.29, 1.82) is 0 Å². The van der Waals surface area contributed by atoms with Gasteiger partial charge in [-0.3, -0.25) is 4.79 Å². The number of nitrogens with one attached hydrogen (secondary N) is 1. The highest BCUT2D eigenvalue weighted by atomic mass is 16.1. The van der Waals surface area contributed by atoms with Crippen molar-refractivity contribution in [1.82, 2.24) is 5.32 Å². The second-order valence-corrected chi connectivity index (χ2v) is 3.32. The van der Waals surface area contributed by atoms with E-state index < -0.39 is 0 Å². The molecule has 2 rings (SSSR count). The number of hydrogen-bond acceptors (Lipinski definition) is 2. The van der Waals surface area contributed by atoms with Crippen molar-refractivity contribution in [3.63, 3.8) is 0 Å². The number of amides is 1. The fraction of sp³-hybridized carbons (Fsp3) is 0.857. The normalized spacial score (nSPS) is 44.2. The quantitative estimate of drug-likeness (QED) is 0.521. The van der Waals surface area contributed by atoms with Crippen LogP contribution in [0.5, 0.6) is 0 Å². The highest BCUT2D eigenvalue weighted by Crippen LogP contribution is 2.34. The summed E-state index contributed by atoms with van der Waals surface area (Å²) >= 11 is 0. The van der Waals surface area contributed by atoms with Gasteiger partial charge in [0.25, 0.3) is 0 Å². The molecule has 1 saturated heterocycles. The van der Waals surface area contributed by atoms with Crippen LogP contribution in [0.2, 0.25) is 0 Å². The molecule has 2 bridgehead atoms. The van der Waals surface area contributed by atoms with Crippen molar-refractivity contribution in [2.75, 3.05) is 0 Å². The Bertz CT molecular complexity index is 169. The van der Waals surface area contributed by atoms with E-state index in [-0.39, 0.29) is 11.9 Å². The molecule has 0 unspecified atom stereocenters. The first kappa shape index (κ1) is 6.16. The highest BCUT2D eigenvalue weighted by Gasteiger charge is 2.41. The van der Waals surface area contributed by atoms with Crippen molar-refractivity contribution >= 4 is 5.91 Å². The minimum atomic E-state index is -0.174. The molecule has 2 aliphatic rings. The summed E-state index contributed by atoms with van der Waals surface area (Å²) in [6.07, 6.45) is 3.58. The molecule has 2 fully saturated rings. The molecular weight excluding hydrogens is 128 g/mol. The van der Waals surface area contributed by atoms with Crippen molar-refractivity contribution in [3.8, 4) is 0 Å². The predicted octanol–water partition coefficient (Wildman–Crippen LogP) is -0.388. The maximum absolute atomic E-state index is 10.8. The second-order valence-electron chi connectivity index (χ2n) is 3.32. The van der Waals surface area contributed by atoms with Crippen LogP contribution >= 0.6 is 0 Å². The Morgan fingerprint density at radius 2 is 2.30 bits per heavy atom. The molecular formula is C7H12N2O. The average molecular weight is 140 g/mol. The number of piperidine rings is 1. The van der Waals surface area contributed by atoms with Crippen LogP contribution in [0.1, 0.15) is 19.3 Å². The second kappa shape index (κ2) is 1.95. The molecule has 0 aromatic rings. The van der Waals surface area contributed by atoms with E-state index in [1.54, 1.807) is 0 Å². The molecule has 1 aliphatic carbocycles. The molecule has 0 aromatic carbocycles. The number of fused-ring (bicyclic) bond motifs is 2. The molecule has 1 saturated carbocycles. The molecule has 1 amide bonds. The summed E-state index contributed by atoms with van der Waals surface area (Å²) in [5, 5.41) is 3.22. The minimum absolute atomic E-state index is 0.0150. The summed E-state index contributed by atoms with van der Waals surface area (Å²) in [6, 6.07) is 0.571. The summed E-state index contributed by atoms with van der Waals surface area (Å²) in [5.74, 6) is 0.370.